The standard InChI is InChI=1S/C14H14N2O4/c1-7-5-10-8-3-2-4-9(8)13(14(17)18)15-12(10)11(6-7)16(19)20/h2-3,5-6,8-9,13,15H,4H2,1H3,(H,17,18)/t8-,9+,13+/m0/s1. The van der Waals surface area contributed by atoms with Crippen LogP contribution in [0.15, 0.2) is 24.3 Å². The first kappa shape index (κ1) is 12.7. The van der Waals surface area contributed by atoms with E-state index in [2.05, 4.69) is 5.32 Å². The Bertz CT molecular complexity index is 638. The summed E-state index contributed by atoms with van der Waals surface area (Å²) in [6.07, 6.45) is 4.59. The fourth-order valence-electron chi connectivity index (χ4n) is 3.22. The molecule has 0 aromatic heterocycles. The molecule has 0 spiro atoms. The van der Waals surface area contributed by atoms with Gasteiger partial charge in [-0.2, -0.15) is 0 Å². The lowest BCUT2D eigenvalue weighted by atomic mass is 9.78. The van der Waals surface area contributed by atoms with E-state index in [1.165, 1.54) is 6.07 Å². The number of anilines is 1. The highest BCUT2D eigenvalue weighted by Gasteiger charge is 2.43. The number of aliphatic carboxylic acids is 1. The number of aryl methyl sites for hydroxylation is 1. The third kappa shape index (κ3) is 1.76. The average Bonchev–Trinajstić information content (AvgIpc) is 2.85. The van der Waals surface area contributed by atoms with Crippen molar-refractivity contribution in [2.24, 2.45) is 5.92 Å². The summed E-state index contributed by atoms with van der Waals surface area (Å²) in [4.78, 5) is 22.1. The van der Waals surface area contributed by atoms with E-state index >= 15 is 0 Å². The molecule has 104 valence electrons. The normalized spacial score (nSPS) is 26.6. The molecular formula is C14H14N2O4. The molecule has 0 saturated carbocycles. The zero-order valence-electron chi connectivity index (χ0n) is 10.9. The van der Waals surface area contributed by atoms with Gasteiger partial charge in [0, 0.05) is 17.9 Å². The van der Waals surface area contributed by atoms with E-state index in [1.807, 2.05) is 25.1 Å². The van der Waals surface area contributed by atoms with Gasteiger partial charge in [-0.3, -0.25) is 10.1 Å². The molecule has 3 rings (SSSR count). The third-order valence-electron chi connectivity index (χ3n) is 4.06. The smallest absolute Gasteiger partial charge is 0.326 e. The van der Waals surface area contributed by atoms with Crippen LogP contribution in [-0.4, -0.2) is 22.0 Å². The molecule has 0 unspecified atom stereocenters. The van der Waals surface area contributed by atoms with Crippen LogP contribution in [0.1, 0.15) is 23.5 Å². The molecule has 0 radical (unpaired) electrons. The number of hydrogen-bond acceptors (Lipinski definition) is 4. The van der Waals surface area contributed by atoms with Crippen LogP contribution in [0.25, 0.3) is 0 Å². The number of benzene rings is 1. The number of nitro benzene ring substituents is 1. The van der Waals surface area contributed by atoms with Crippen LogP contribution in [0.3, 0.4) is 0 Å². The van der Waals surface area contributed by atoms with Crippen LogP contribution in [0.2, 0.25) is 0 Å². The van der Waals surface area contributed by atoms with Crippen molar-refractivity contribution in [1.29, 1.82) is 0 Å². The number of nitrogens with zero attached hydrogens (tertiary/aromatic N) is 1. The van der Waals surface area contributed by atoms with Gasteiger partial charge in [-0.25, -0.2) is 4.79 Å². The Morgan fingerprint density at radius 2 is 2.25 bits per heavy atom. The Balaban J connectivity index is 2.19. The number of fused-ring (bicyclic) bond motifs is 3. The van der Waals surface area contributed by atoms with E-state index in [9.17, 15) is 20.0 Å². The Morgan fingerprint density at radius 3 is 2.90 bits per heavy atom. The van der Waals surface area contributed by atoms with E-state index in [1.54, 1.807) is 0 Å². The van der Waals surface area contributed by atoms with Crippen molar-refractivity contribution in [1.82, 2.24) is 0 Å². The molecule has 6 heteroatoms. The second-order valence-electron chi connectivity index (χ2n) is 5.32. The maximum Gasteiger partial charge on any atom is 0.326 e. The number of nitrogens with one attached hydrogen (secondary N) is 1. The fraction of sp³-hybridized carbons (Fsp3) is 0.357. The summed E-state index contributed by atoms with van der Waals surface area (Å²) in [7, 11) is 0. The molecule has 2 aliphatic rings. The van der Waals surface area contributed by atoms with E-state index in [0.29, 0.717) is 12.1 Å². The van der Waals surface area contributed by atoms with Gasteiger partial charge in [-0.05, 0) is 24.5 Å². The topological polar surface area (TPSA) is 92.5 Å². The number of hydrogen-bond donors (Lipinski definition) is 2. The highest BCUT2D eigenvalue weighted by molar-refractivity contribution is 5.83. The predicted molar refractivity (Wildman–Crippen MR) is 72.9 cm³/mol. The summed E-state index contributed by atoms with van der Waals surface area (Å²) in [6.45, 7) is 1.81. The molecule has 1 aliphatic heterocycles. The number of allylic oxidation sites excluding steroid dienone is 2. The number of rotatable bonds is 2. The van der Waals surface area contributed by atoms with E-state index in [-0.39, 0.29) is 17.5 Å². The van der Waals surface area contributed by atoms with Crippen molar-refractivity contribution < 1.29 is 14.8 Å². The van der Waals surface area contributed by atoms with Crippen molar-refractivity contribution in [2.75, 3.05) is 5.32 Å². The van der Waals surface area contributed by atoms with Gasteiger partial charge < -0.3 is 10.4 Å². The lowest BCUT2D eigenvalue weighted by molar-refractivity contribution is -0.384. The van der Waals surface area contributed by atoms with Crippen molar-refractivity contribution >= 4 is 17.3 Å². The Morgan fingerprint density at radius 1 is 1.50 bits per heavy atom. The molecule has 0 bridgehead atoms. The van der Waals surface area contributed by atoms with Gasteiger partial charge in [0.05, 0.1) is 4.92 Å². The molecule has 20 heavy (non-hydrogen) atoms. The third-order valence-corrected chi connectivity index (χ3v) is 4.06. The SMILES string of the molecule is Cc1cc2c(c([N+](=O)[O-])c1)N[C@@H](C(=O)O)[C@@H]1CC=C[C@H]21. The van der Waals surface area contributed by atoms with Gasteiger partial charge in [-0.1, -0.05) is 18.2 Å². The summed E-state index contributed by atoms with van der Waals surface area (Å²) in [5, 5.41) is 23.4. The molecular weight excluding hydrogens is 260 g/mol. The van der Waals surface area contributed by atoms with Crippen LogP contribution >= 0.6 is 0 Å². The van der Waals surface area contributed by atoms with E-state index in [0.717, 1.165) is 11.1 Å². The second kappa shape index (κ2) is 4.33. The molecule has 0 amide bonds. The Hall–Kier alpha value is -2.37. The number of carboxylic acids is 1. The predicted octanol–water partition coefficient (Wildman–Crippen LogP) is 2.44. The Kier molecular flexibility index (Phi) is 2.74. The molecule has 1 heterocycles. The number of nitro groups is 1. The maximum atomic E-state index is 11.4. The summed E-state index contributed by atoms with van der Waals surface area (Å²) in [6, 6.07) is 2.59. The molecule has 1 aliphatic carbocycles. The van der Waals surface area contributed by atoms with Crippen LogP contribution in [0.4, 0.5) is 11.4 Å². The Labute approximate surface area is 115 Å². The quantitative estimate of drug-likeness (QED) is 0.491. The van der Waals surface area contributed by atoms with Crippen molar-refractivity contribution in [3.8, 4) is 0 Å². The van der Waals surface area contributed by atoms with Crippen molar-refractivity contribution in [2.45, 2.75) is 25.3 Å². The first-order chi connectivity index (χ1) is 9.49. The first-order valence-corrected chi connectivity index (χ1v) is 6.44. The van der Waals surface area contributed by atoms with Gasteiger partial charge >= 0.3 is 5.97 Å². The number of carboxylic acid groups (broad SMARTS) is 1. The minimum atomic E-state index is -0.968. The van der Waals surface area contributed by atoms with Gasteiger partial charge in [0.15, 0.2) is 0 Å². The van der Waals surface area contributed by atoms with E-state index in [4.69, 9.17) is 0 Å². The zero-order chi connectivity index (χ0) is 14.4. The molecule has 0 saturated heterocycles. The van der Waals surface area contributed by atoms with Crippen molar-refractivity contribution in [3.05, 3.63) is 45.5 Å². The average molecular weight is 274 g/mol. The summed E-state index contributed by atoms with van der Waals surface area (Å²) in [5.74, 6) is -1.11. The summed E-state index contributed by atoms with van der Waals surface area (Å²) >= 11 is 0. The number of carbonyl (C=O) groups is 1. The summed E-state index contributed by atoms with van der Waals surface area (Å²) in [5.41, 5.74) is 1.93. The lowest BCUT2D eigenvalue weighted by Gasteiger charge is -2.34. The van der Waals surface area contributed by atoms with Crippen LogP contribution < -0.4 is 5.32 Å². The fourth-order valence-corrected chi connectivity index (χ4v) is 3.22. The van der Waals surface area contributed by atoms with Gasteiger partial charge in [0.1, 0.15) is 11.7 Å². The minimum Gasteiger partial charge on any atom is -0.480 e. The lowest BCUT2D eigenvalue weighted by Crippen LogP contribution is -2.42. The molecule has 2 N–H and O–H groups in total. The minimum absolute atomic E-state index is 0.0509. The first-order valence-electron chi connectivity index (χ1n) is 6.44. The molecule has 3 atom stereocenters. The molecule has 6 nitrogen and oxygen atoms in total. The molecule has 1 aromatic carbocycles. The van der Waals surface area contributed by atoms with Crippen LogP contribution in [0.5, 0.6) is 0 Å². The van der Waals surface area contributed by atoms with Crippen molar-refractivity contribution in [3.63, 3.8) is 0 Å². The van der Waals surface area contributed by atoms with Gasteiger partial charge in [0.25, 0.3) is 5.69 Å². The zero-order valence-corrected chi connectivity index (χ0v) is 10.9. The van der Waals surface area contributed by atoms with Gasteiger partial charge in [0.2, 0.25) is 0 Å². The highest BCUT2D eigenvalue weighted by atomic mass is 16.6. The van der Waals surface area contributed by atoms with Crippen LogP contribution in [0, 0.1) is 23.0 Å². The second-order valence-corrected chi connectivity index (χ2v) is 5.32. The monoisotopic (exact) mass is 274 g/mol. The molecule has 1 aromatic rings. The largest absolute Gasteiger partial charge is 0.480 e. The summed E-state index contributed by atoms with van der Waals surface area (Å²) < 4.78 is 0. The molecule has 0 fully saturated rings. The highest BCUT2D eigenvalue weighted by Crippen LogP contribution is 2.47. The maximum absolute atomic E-state index is 11.4. The van der Waals surface area contributed by atoms with Gasteiger partial charge in [-0.15, -0.1) is 0 Å². The van der Waals surface area contributed by atoms with E-state index < -0.39 is 16.9 Å². The van der Waals surface area contributed by atoms with Crippen LogP contribution in [-0.2, 0) is 4.79 Å².